The number of piperazine rings is 1. The monoisotopic (exact) mass is 524 g/mol. The number of ketones is 1. The highest BCUT2D eigenvalue weighted by molar-refractivity contribution is 6.45. The number of benzene rings is 2. The number of fused-ring (bicyclic) bond motifs is 1. The second-order valence-electron chi connectivity index (χ2n) is 10.1. The first-order chi connectivity index (χ1) is 17.7. The molecule has 0 bridgehead atoms. The van der Waals surface area contributed by atoms with Crippen molar-refractivity contribution in [3.63, 3.8) is 0 Å². The van der Waals surface area contributed by atoms with E-state index in [-0.39, 0.29) is 34.4 Å². The lowest BCUT2D eigenvalue weighted by molar-refractivity contribution is -0.125. The average molecular weight is 525 g/mol. The minimum absolute atomic E-state index is 0.0789. The molecule has 0 radical (unpaired) electrons. The van der Waals surface area contributed by atoms with Gasteiger partial charge in [-0.1, -0.05) is 23.7 Å². The molecule has 194 valence electrons. The van der Waals surface area contributed by atoms with E-state index in [1.165, 1.54) is 18.3 Å². The first kappa shape index (κ1) is 25.4. The standard InChI is InChI=1S/C28H30ClFN4O3/c1-17-15-34(18(2)14-33(17)16-19-5-7-20(30)8-6-19)27(36)22-11-21-23(13-31-25(21)12-24(22)29)26(35)28(37)32-9-3-4-10-32/h5-8,11-13,17-18,31H,3-4,9-10,14-16H2,1-2H3. The zero-order chi connectivity index (χ0) is 26.3. The number of aromatic amines is 1. The van der Waals surface area contributed by atoms with Crippen molar-refractivity contribution in [1.29, 1.82) is 0 Å². The number of Topliss-reactive ketones (excluding diaryl/α,β-unsaturated/α-hetero) is 1. The molecule has 7 nitrogen and oxygen atoms in total. The third kappa shape index (κ3) is 5.00. The minimum Gasteiger partial charge on any atom is -0.360 e. The normalized spacial score (nSPS) is 20.5. The van der Waals surface area contributed by atoms with Gasteiger partial charge >= 0.3 is 0 Å². The van der Waals surface area contributed by atoms with Crippen LogP contribution in [-0.4, -0.2) is 75.5 Å². The molecule has 3 aromatic rings. The Morgan fingerprint density at radius 3 is 2.41 bits per heavy atom. The van der Waals surface area contributed by atoms with Crippen LogP contribution in [0.4, 0.5) is 4.39 Å². The Balaban J connectivity index is 1.36. The Kier molecular flexibility index (Phi) is 7.05. The lowest BCUT2D eigenvalue weighted by atomic mass is 10.0. The van der Waals surface area contributed by atoms with Crippen LogP contribution >= 0.6 is 11.6 Å². The van der Waals surface area contributed by atoms with Crippen LogP contribution in [0.2, 0.25) is 5.02 Å². The molecule has 37 heavy (non-hydrogen) atoms. The number of H-pyrrole nitrogens is 1. The van der Waals surface area contributed by atoms with Gasteiger partial charge in [0.2, 0.25) is 0 Å². The summed E-state index contributed by atoms with van der Waals surface area (Å²) in [4.78, 5) is 48.1. The van der Waals surface area contributed by atoms with Gasteiger partial charge in [0.15, 0.2) is 0 Å². The first-order valence-electron chi connectivity index (χ1n) is 12.7. The summed E-state index contributed by atoms with van der Waals surface area (Å²) in [5.74, 6) is -1.56. The molecule has 2 aliphatic heterocycles. The first-order valence-corrected chi connectivity index (χ1v) is 13.0. The fraction of sp³-hybridized carbons (Fsp3) is 0.393. The Bertz CT molecular complexity index is 1350. The molecule has 3 heterocycles. The zero-order valence-corrected chi connectivity index (χ0v) is 21.7. The van der Waals surface area contributed by atoms with E-state index in [1.54, 1.807) is 29.2 Å². The number of nitrogens with one attached hydrogen (secondary N) is 1. The Morgan fingerprint density at radius 1 is 1.00 bits per heavy atom. The molecule has 2 atom stereocenters. The van der Waals surface area contributed by atoms with E-state index in [2.05, 4.69) is 16.8 Å². The summed E-state index contributed by atoms with van der Waals surface area (Å²) < 4.78 is 13.3. The van der Waals surface area contributed by atoms with Crippen LogP contribution in [0.1, 0.15) is 53.0 Å². The lowest BCUT2D eigenvalue weighted by Gasteiger charge is -2.44. The molecule has 5 rings (SSSR count). The lowest BCUT2D eigenvalue weighted by Crippen LogP contribution is -2.57. The van der Waals surface area contributed by atoms with Gasteiger partial charge < -0.3 is 14.8 Å². The number of rotatable bonds is 5. The molecule has 2 fully saturated rings. The van der Waals surface area contributed by atoms with Crippen molar-refractivity contribution in [2.45, 2.75) is 45.3 Å². The number of halogens is 2. The number of hydrogen-bond donors (Lipinski definition) is 1. The smallest absolute Gasteiger partial charge is 0.295 e. The molecule has 2 aliphatic rings. The van der Waals surface area contributed by atoms with Crippen LogP contribution in [0.3, 0.4) is 0 Å². The molecule has 0 saturated carbocycles. The second kappa shape index (κ2) is 10.3. The van der Waals surface area contributed by atoms with Crippen molar-refractivity contribution in [1.82, 2.24) is 19.7 Å². The van der Waals surface area contributed by atoms with E-state index in [0.29, 0.717) is 49.2 Å². The number of likely N-dealkylation sites (tertiary alicyclic amines) is 1. The van der Waals surface area contributed by atoms with Gasteiger partial charge in [-0.15, -0.1) is 0 Å². The zero-order valence-electron chi connectivity index (χ0n) is 21.0. The third-order valence-corrected chi connectivity index (χ3v) is 7.82. The molecular weight excluding hydrogens is 495 g/mol. The second-order valence-corrected chi connectivity index (χ2v) is 10.5. The van der Waals surface area contributed by atoms with Gasteiger partial charge in [-0.25, -0.2) is 4.39 Å². The number of amides is 2. The van der Waals surface area contributed by atoms with Crippen molar-refractivity contribution >= 4 is 40.1 Å². The highest BCUT2D eigenvalue weighted by atomic mass is 35.5. The predicted molar refractivity (Wildman–Crippen MR) is 140 cm³/mol. The number of nitrogens with zero attached hydrogens (tertiary/aromatic N) is 3. The molecule has 2 amide bonds. The van der Waals surface area contributed by atoms with Crippen LogP contribution < -0.4 is 0 Å². The molecular formula is C28H30ClFN4O3. The van der Waals surface area contributed by atoms with Gasteiger partial charge in [0.25, 0.3) is 17.6 Å². The largest absolute Gasteiger partial charge is 0.360 e. The third-order valence-electron chi connectivity index (χ3n) is 7.51. The maximum Gasteiger partial charge on any atom is 0.295 e. The van der Waals surface area contributed by atoms with Crippen LogP contribution in [0.15, 0.2) is 42.6 Å². The summed E-state index contributed by atoms with van der Waals surface area (Å²) in [7, 11) is 0. The predicted octanol–water partition coefficient (Wildman–Crippen LogP) is 4.50. The summed E-state index contributed by atoms with van der Waals surface area (Å²) in [6, 6.07) is 9.74. The van der Waals surface area contributed by atoms with Gasteiger partial charge in [0.05, 0.1) is 16.1 Å². The Hall–Kier alpha value is -3.23. The van der Waals surface area contributed by atoms with Crippen molar-refractivity contribution in [2.75, 3.05) is 26.2 Å². The fourth-order valence-corrected chi connectivity index (χ4v) is 5.60. The van der Waals surface area contributed by atoms with Crippen LogP contribution in [0.25, 0.3) is 10.9 Å². The van der Waals surface area contributed by atoms with E-state index in [0.717, 1.165) is 18.4 Å². The van der Waals surface area contributed by atoms with E-state index in [4.69, 9.17) is 11.6 Å². The van der Waals surface area contributed by atoms with Crippen LogP contribution in [0, 0.1) is 5.82 Å². The van der Waals surface area contributed by atoms with Gasteiger partial charge in [-0.3, -0.25) is 19.3 Å². The summed E-state index contributed by atoms with van der Waals surface area (Å²) in [5, 5.41) is 0.804. The number of carbonyl (C=O) groups excluding carboxylic acids is 3. The Labute approximate surface area is 220 Å². The maximum absolute atomic E-state index is 13.7. The number of carbonyl (C=O) groups is 3. The van der Waals surface area contributed by atoms with E-state index in [1.807, 2.05) is 11.8 Å². The van der Waals surface area contributed by atoms with Gasteiger partial charge in [-0.2, -0.15) is 0 Å². The SMILES string of the molecule is CC1CN(C(=O)c2cc3c(C(=O)C(=O)N4CCCC4)c[nH]c3cc2Cl)C(C)CN1Cc1ccc(F)cc1. The molecule has 2 saturated heterocycles. The van der Waals surface area contributed by atoms with Crippen molar-refractivity contribution in [2.24, 2.45) is 0 Å². The molecule has 9 heteroatoms. The van der Waals surface area contributed by atoms with Crippen molar-refractivity contribution in [3.8, 4) is 0 Å². The van der Waals surface area contributed by atoms with E-state index >= 15 is 0 Å². The summed E-state index contributed by atoms with van der Waals surface area (Å²) in [5.41, 5.74) is 2.18. The molecule has 1 N–H and O–H groups in total. The molecule has 1 aromatic heterocycles. The van der Waals surface area contributed by atoms with Crippen molar-refractivity contribution < 1.29 is 18.8 Å². The number of hydrogen-bond acceptors (Lipinski definition) is 4. The fourth-order valence-electron chi connectivity index (χ4n) is 5.35. The summed E-state index contributed by atoms with van der Waals surface area (Å²) >= 11 is 6.54. The molecule has 2 unspecified atom stereocenters. The molecule has 0 aliphatic carbocycles. The minimum atomic E-state index is -0.578. The number of aromatic nitrogens is 1. The maximum atomic E-state index is 13.7. The topological polar surface area (TPSA) is 76.7 Å². The molecule has 0 spiro atoms. The van der Waals surface area contributed by atoms with E-state index < -0.39 is 11.7 Å². The van der Waals surface area contributed by atoms with Gasteiger partial charge in [0.1, 0.15) is 5.82 Å². The van der Waals surface area contributed by atoms with Gasteiger partial charge in [-0.05, 0) is 56.5 Å². The highest BCUT2D eigenvalue weighted by Crippen LogP contribution is 2.30. The Morgan fingerprint density at radius 2 is 1.70 bits per heavy atom. The highest BCUT2D eigenvalue weighted by Gasteiger charge is 2.34. The van der Waals surface area contributed by atoms with E-state index in [9.17, 15) is 18.8 Å². The quantitative estimate of drug-likeness (QED) is 0.394. The molecule has 2 aromatic carbocycles. The van der Waals surface area contributed by atoms with Crippen molar-refractivity contribution in [3.05, 3.63) is 70.1 Å². The average Bonchev–Trinajstić information content (AvgIpc) is 3.56. The van der Waals surface area contributed by atoms with Gasteiger partial charge in [0, 0.05) is 61.9 Å². The summed E-state index contributed by atoms with van der Waals surface area (Å²) in [6.07, 6.45) is 3.31. The summed E-state index contributed by atoms with van der Waals surface area (Å²) in [6.45, 7) is 7.06. The van der Waals surface area contributed by atoms with Crippen LogP contribution in [-0.2, 0) is 11.3 Å². The van der Waals surface area contributed by atoms with Crippen LogP contribution in [0.5, 0.6) is 0 Å².